The number of hydrogen-bond donors (Lipinski definition) is 1. The maximum atomic E-state index is 13.0. The lowest BCUT2D eigenvalue weighted by Crippen LogP contribution is -2.39. The number of carbonyl (C=O) groups excluding carboxylic acids is 1. The van der Waals surface area contributed by atoms with Crippen LogP contribution in [0.1, 0.15) is 13.3 Å². The van der Waals surface area contributed by atoms with Gasteiger partial charge in [-0.1, -0.05) is 11.6 Å². The first kappa shape index (κ1) is 16.0. The van der Waals surface area contributed by atoms with E-state index in [1.807, 2.05) is 11.9 Å². The first-order chi connectivity index (χ1) is 10.0. The van der Waals surface area contributed by atoms with Gasteiger partial charge in [0.05, 0.1) is 5.02 Å². The lowest BCUT2D eigenvalue weighted by Gasteiger charge is -2.22. The van der Waals surface area contributed by atoms with Crippen LogP contribution in [0.5, 0.6) is 5.75 Å². The van der Waals surface area contributed by atoms with E-state index in [1.165, 1.54) is 18.2 Å². The monoisotopic (exact) mass is 314 g/mol. The largest absolute Gasteiger partial charge is 0.479 e. The minimum Gasteiger partial charge on any atom is -0.479 e. The molecule has 2 rings (SSSR count). The van der Waals surface area contributed by atoms with Crippen LogP contribution in [0.3, 0.4) is 0 Å². The van der Waals surface area contributed by atoms with Crippen LogP contribution in [-0.2, 0) is 4.79 Å². The molecule has 1 fully saturated rings. The number of carbonyl (C=O) groups is 1. The standard InChI is InChI=1S/C15H20ClFN2O2/c1-10(21-14-4-3-12(17)7-13(14)16)15(20)19-6-5-11(9-19)8-18-2/h3-4,7,10-11,18H,5-6,8-9H2,1-2H3. The number of rotatable bonds is 5. The number of likely N-dealkylation sites (tertiary alicyclic amines) is 1. The molecule has 1 N–H and O–H groups in total. The third-order valence-electron chi connectivity index (χ3n) is 3.64. The fourth-order valence-electron chi connectivity index (χ4n) is 2.56. The SMILES string of the molecule is CNCC1CCN(C(=O)C(C)Oc2ccc(F)cc2Cl)C1. The van der Waals surface area contributed by atoms with Gasteiger partial charge in [-0.15, -0.1) is 0 Å². The van der Waals surface area contributed by atoms with Gasteiger partial charge in [-0.25, -0.2) is 4.39 Å². The average Bonchev–Trinajstić information content (AvgIpc) is 2.90. The normalized spacial score (nSPS) is 19.6. The Labute approximate surface area is 129 Å². The van der Waals surface area contributed by atoms with Gasteiger partial charge >= 0.3 is 0 Å². The lowest BCUT2D eigenvalue weighted by molar-refractivity contribution is -0.136. The summed E-state index contributed by atoms with van der Waals surface area (Å²) in [5.74, 6) is 0.320. The molecule has 1 aliphatic rings. The van der Waals surface area contributed by atoms with Gasteiger partial charge in [0.2, 0.25) is 0 Å². The van der Waals surface area contributed by atoms with Crippen LogP contribution in [0, 0.1) is 11.7 Å². The molecule has 1 aromatic carbocycles. The van der Waals surface area contributed by atoms with Crippen molar-refractivity contribution in [3.05, 3.63) is 29.0 Å². The molecular formula is C15H20ClFN2O2. The second-order valence-corrected chi connectivity index (χ2v) is 5.74. The molecule has 6 heteroatoms. The van der Waals surface area contributed by atoms with Gasteiger partial charge in [-0.2, -0.15) is 0 Å². The van der Waals surface area contributed by atoms with Gasteiger partial charge in [-0.3, -0.25) is 4.79 Å². The summed E-state index contributed by atoms with van der Waals surface area (Å²) in [6, 6.07) is 3.87. The van der Waals surface area contributed by atoms with Gasteiger partial charge < -0.3 is 15.0 Å². The molecule has 0 saturated carbocycles. The second kappa shape index (κ2) is 7.09. The van der Waals surface area contributed by atoms with Crippen molar-refractivity contribution in [2.45, 2.75) is 19.4 Å². The first-order valence-corrected chi connectivity index (χ1v) is 7.44. The number of benzene rings is 1. The summed E-state index contributed by atoms with van der Waals surface area (Å²) in [6.45, 7) is 4.08. The number of nitrogens with one attached hydrogen (secondary N) is 1. The quantitative estimate of drug-likeness (QED) is 0.907. The maximum Gasteiger partial charge on any atom is 0.263 e. The van der Waals surface area contributed by atoms with E-state index < -0.39 is 11.9 Å². The van der Waals surface area contributed by atoms with Gasteiger partial charge in [0.15, 0.2) is 6.10 Å². The van der Waals surface area contributed by atoms with E-state index in [-0.39, 0.29) is 10.9 Å². The molecule has 2 unspecified atom stereocenters. The number of nitrogens with zero attached hydrogens (tertiary/aromatic N) is 1. The summed E-state index contributed by atoms with van der Waals surface area (Å²) in [5, 5.41) is 3.30. The Morgan fingerprint density at radius 1 is 1.62 bits per heavy atom. The van der Waals surface area contributed by atoms with Crippen molar-refractivity contribution in [2.75, 3.05) is 26.7 Å². The third kappa shape index (κ3) is 4.08. The topological polar surface area (TPSA) is 41.6 Å². The summed E-state index contributed by atoms with van der Waals surface area (Å²) in [6.07, 6.45) is 0.359. The highest BCUT2D eigenvalue weighted by atomic mass is 35.5. The lowest BCUT2D eigenvalue weighted by atomic mass is 10.1. The Balaban J connectivity index is 1.94. The van der Waals surface area contributed by atoms with E-state index in [0.29, 0.717) is 11.7 Å². The molecule has 1 heterocycles. The van der Waals surface area contributed by atoms with Crippen LogP contribution in [0.2, 0.25) is 5.02 Å². The Morgan fingerprint density at radius 3 is 3.05 bits per heavy atom. The average molecular weight is 315 g/mol. The molecule has 2 atom stereocenters. The zero-order valence-electron chi connectivity index (χ0n) is 12.2. The minimum absolute atomic E-state index is 0.0611. The molecule has 116 valence electrons. The molecule has 0 aliphatic carbocycles. The predicted octanol–water partition coefficient (Wildman–Crippen LogP) is 2.31. The van der Waals surface area contributed by atoms with Gasteiger partial charge in [0.25, 0.3) is 5.91 Å². The van der Waals surface area contributed by atoms with Crippen molar-refractivity contribution in [1.82, 2.24) is 10.2 Å². The van der Waals surface area contributed by atoms with E-state index in [1.54, 1.807) is 6.92 Å². The molecule has 1 saturated heterocycles. The zero-order chi connectivity index (χ0) is 15.4. The molecule has 1 amide bonds. The fourth-order valence-corrected chi connectivity index (χ4v) is 2.77. The molecular weight excluding hydrogens is 295 g/mol. The highest BCUT2D eigenvalue weighted by Gasteiger charge is 2.29. The maximum absolute atomic E-state index is 13.0. The molecule has 4 nitrogen and oxygen atoms in total. The number of halogens is 2. The Kier molecular flexibility index (Phi) is 5.42. The summed E-state index contributed by atoms with van der Waals surface area (Å²) >= 11 is 5.90. The van der Waals surface area contributed by atoms with E-state index >= 15 is 0 Å². The Hall–Kier alpha value is -1.33. The molecule has 0 radical (unpaired) electrons. The molecule has 1 aliphatic heterocycles. The highest BCUT2D eigenvalue weighted by Crippen LogP contribution is 2.26. The van der Waals surface area contributed by atoms with Gasteiger partial charge in [0, 0.05) is 13.1 Å². The molecule has 0 aromatic heterocycles. The van der Waals surface area contributed by atoms with Crippen molar-refractivity contribution >= 4 is 17.5 Å². The fraction of sp³-hybridized carbons (Fsp3) is 0.533. The molecule has 0 spiro atoms. The highest BCUT2D eigenvalue weighted by molar-refractivity contribution is 6.32. The van der Waals surface area contributed by atoms with Crippen molar-refractivity contribution in [3.63, 3.8) is 0 Å². The summed E-state index contributed by atoms with van der Waals surface area (Å²) in [5.41, 5.74) is 0. The van der Waals surface area contributed by atoms with Gasteiger partial charge in [-0.05, 0) is 51.1 Å². The van der Waals surface area contributed by atoms with Crippen LogP contribution in [0.4, 0.5) is 4.39 Å². The molecule has 21 heavy (non-hydrogen) atoms. The summed E-state index contributed by atoms with van der Waals surface area (Å²) in [4.78, 5) is 14.2. The zero-order valence-corrected chi connectivity index (χ0v) is 13.0. The number of ether oxygens (including phenoxy) is 1. The first-order valence-electron chi connectivity index (χ1n) is 7.06. The summed E-state index contributed by atoms with van der Waals surface area (Å²) < 4.78 is 18.5. The van der Waals surface area contributed by atoms with E-state index in [4.69, 9.17) is 16.3 Å². The summed E-state index contributed by atoms with van der Waals surface area (Å²) in [7, 11) is 1.91. The van der Waals surface area contributed by atoms with Crippen LogP contribution in [0.25, 0.3) is 0 Å². The van der Waals surface area contributed by atoms with Crippen LogP contribution in [0.15, 0.2) is 18.2 Å². The van der Waals surface area contributed by atoms with Crippen molar-refractivity contribution in [1.29, 1.82) is 0 Å². The van der Waals surface area contributed by atoms with Crippen LogP contribution >= 0.6 is 11.6 Å². The van der Waals surface area contributed by atoms with Crippen molar-refractivity contribution < 1.29 is 13.9 Å². The molecule has 1 aromatic rings. The van der Waals surface area contributed by atoms with E-state index in [9.17, 15) is 9.18 Å². The van der Waals surface area contributed by atoms with E-state index in [2.05, 4.69) is 5.32 Å². The Morgan fingerprint density at radius 2 is 2.38 bits per heavy atom. The van der Waals surface area contributed by atoms with Gasteiger partial charge in [0.1, 0.15) is 11.6 Å². The molecule has 0 bridgehead atoms. The number of hydrogen-bond acceptors (Lipinski definition) is 3. The van der Waals surface area contributed by atoms with E-state index in [0.717, 1.165) is 26.1 Å². The third-order valence-corrected chi connectivity index (χ3v) is 3.93. The minimum atomic E-state index is -0.638. The number of amides is 1. The van der Waals surface area contributed by atoms with Crippen molar-refractivity contribution in [2.24, 2.45) is 5.92 Å². The van der Waals surface area contributed by atoms with Crippen molar-refractivity contribution in [3.8, 4) is 5.75 Å². The Bertz CT molecular complexity index is 512. The second-order valence-electron chi connectivity index (χ2n) is 5.33. The smallest absolute Gasteiger partial charge is 0.263 e. The van der Waals surface area contributed by atoms with Crippen LogP contribution < -0.4 is 10.1 Å². The van der Waals surface area contributed by atoms with Crippen LogP contribution in [-0.4, -0.2) is 43.6 Å². The predicted molar refractivity (Wildman–Crippen MR) is 80.1 cm³/mol.